The largest absolute Gasteiger partial charge is 0.339 e. The van der Waals surface area contributed by atoms with Gasteiger partial charge in [-0.05, 0) is 30.9 Å². The van der Waals surface area contributed by atoms with Crippen LogP contribution in [0, 0.1) is 6.92 Å². The fourth-order valence-electron chi connectivity index (χ4n) is 2.81. The fraction of sp³-hybridized carbons (Fsp3) is 0.158. The Morgan fingerprint density at radius 2 is 1.83 bits per heavy atom. The number of aryl methyl sites for hydroxylation is 2. The second-order valence-corrected chi connectivity index (χ2v) is 6.67. The number of hydrogen-bond acceptors (Lipinski definition) is 4. The molecule has 0 saturated carbocycles. The molecule has 0 atom stereocenters. The van der Waals surface area contributed by atoms with E-state index in [-0.39, 0.29) is 0 Å². The summed E-state index contributed by atoms with van der Waals surface area (Å²) in [6, 6.07) is 16.9. The van der Waals surface area contributed by atoms with Gasteiger partial charge in [0.15, 0.2) is 0 Å². The van der Waals surface area contributed by atoms with Crippen molar-refractivity contribution in [3.05, 3.63) is 59.2 Å². The summed E-state index contributed by atoms with van der Waals surface area (Å²) < 4.78 is 0. The lowest BCUT2D eigenvalue weighted by Gasteiger charge is -2.10. The summed E-state index contributed by atoms with van der Waals surface area (Å²) in [5.74, 6) is 1.68. The van der Waals surface area contributed by atoms with Gasteiger partial charge in [0.2, 0.25) is 0 Å². The standard InChI is InChI=1S/C19H17N3S/c1-3-14-11-16-18(20-12(2)21-19(16)23-14)22-17-10-6-8-13-7-4-5-9-15(13)17/h4-11H,3H2,1-2H3,(H,20,21,22). The smallest absolute Gasteiger partial charge is 0.142 e. The molecule has 0 saturated heterocycles. The minimum Gasteiger partial charge on any atom is -0.339 e. The van der Waals surface area contributed by atoms with Gasteiger partial charge in [-0.15, -0.1) is 11.3 Å². The van der Waals surface area contributed by atoms with E-state index in [0.29, 0.717) is 0 Å². The molecule has 0 spiro atoms. The van der Waals surface area contributed by atoms with Gasteiger partial charge in [-0.25, -0.2) is 9.97 Å². The lowest BCUT2D eigenvalue weighted by Crippen LogP contribution is -1.98. The Bertz CT molecular complexity index is 999. The maximum atomic E-state index is 4.64. The topological polar surface area (TPSA) is 37.8 Å². The highest BCUT2D eigenvalue weighted by Gasteiger charge is 2.11. The summed E-state index contributed by atoms with van der Waals surface area (Å²) in [7, 11) is 0. The lowest BCUT2D eigenvalue weighted by molar-refractivity contribution is 1.10. The zero-order valence-electron chi connectivity index (χ0n) is 13.1. The number of anilines is 2. The van der Waals surface area contributed by atoms with Crippen LogP contribution in [-0.4, -0.2) is 9.97 Å². The van der Waals surface area contributed by atoms with E-state index in [9.17, 15) is 0 Å². The number of rotatable bonds is 3. The van der Waals surface area contributed by atoms with E-state index in [0.717, 1.165) is 34.0 Å². The average Bonchev–Trinajstić information content (AvgIpc) is 2.98. The predicted molar refractivity (Wildman–Crippen MR) is 98.8 cm³/mol. The van der Waals surface area contributed by atoms with Gasteiger partial charge in [-0.1, -0.05) is 43.3 Å². The molecule has 0 amide bonds. The highest BCUT2D eigenvalue weighted by atomic mass is 32.1. The van der Waals surface area contributed by atoms with Crippen LogP contribution >= 0.6 is 11.3 Å². The average molecular weight is 319 g/mol. The number of hydrogen-bond donors (Lipinski definition) is 1. The Hall–Kier alpha value is -2.46. The second-order valence-electron chi connectivity index (χ2n) is 5.56. The van der Waals surface area contributed by atoms with Crippen molar-refractivity contribution in [3.8, 4) is 0 Å². The summed E-state index contributed by atoms with van der Waals surface area (Å²) in [4.78, 5) is 11.6. The normalized spacial score (nSPS) is 11.2. The van der Waals surface area contributed by atoms with Crippen molar-refractivity contribution in [2.75, 3.05) is 5.32 Å². The molecule has 4 heteroatoms. The number of benzene rings is 2. The molecule has 4 aromatic rings. The van der Waals surface area contributed by atoms with Crippen molar-refractivity contribution < 1.29 is 0 Å². The van der Waals surface area contributed by atoms with E-state index in [1.807, 2.05) is 6.92 Å². The van der Waals surface area contributed by atoms with Gasteiger partial charge in [0, 0.05) is 16.0 Å². The van der Waals surface area contributed by atoms with Crippen LogP contribution in [-0.2, 0) is 6.42 Å². The first-order valence-corrected chi connectivity index (χ1v) is 8.58. The molecule has 0 unspecified atom stereocenters. The van der Waals surface area contributed by atoms with Crippen molar-refractivity contribution in [3.63, 3.8) is 0 Å². The van der Waals surface area contributed by atoms with Gasteiger partial charge in [0.05, 0.1) is 5.39 Å². The minimum atomic E-state index is 0.796. The molecule has 0 aliphatic rings. The van der Waals surface area contributed by atoms with Crippen LogP contribution in [0.3, 0.4) is 0 Å². The van der Waals surface area contributed by atoms with Crippen LogP contribution in [0.25, 0.3) is 21.0 Å². The van der Waals surface area contributed by atoms with Crippen LogP contribution < -0.4 is 5.32 Å². The molecule has 1 N–H and O–H groups in total. The van der Waals surface area contributed by atoms with Gasteiger partial charge in [0.1, 0.15) is 16.5 Å². The molecule has 0 radical (unpaired) electrons. The number of aromatic nitrogens is 2. The summed E-state index contributed by atoms with van der Waals surface area (Å²) in [5.41, 5.74) is 1.08. The van der Waals surface area contributed by atoms with E-state index >= 15 is 0 Å². The van der Waals surface area contributed by atoms with Gasteiger partial charge in [-0.3, -0.25) is 0 Å². The quantitative estimate of drug-likeness (QED) is 0.545. The van der Waals surface area contributed by atoms with Crippen LogP contribution in [0.4, 0.5) is 11.5 Å². The molecule has 0 fully saturated rings. The van der Waals surface area contributed by atoms with Crippen molar-refractivity contribution in [1.29, 1.82) is 0 Å². The maximum absolute atomic E-state index is 4.64. The SMILES string of the molecule is CCc1cc2c(Nc3cccc4ccccc34)nc(C)nc2s1. The Kier molecular flexibility index (Phi) is 3.46. The maximum Gasteiger partial charge on any atom is 0.142 e. The summed E-state index contributed by atoms with van der Waals surface area (Å²) in [6.07, 6.45) is 1.02. The molecule has 2 aromatic carbocycles. The van der Waals surface area contributed by atoms with Crippen molar-refractivity contribution >= 4 is 43.8 Å². The number of thiophene rings is 1. The van der Waals surface area contributed by atoms with E-state index in [4.69, 9.17) is 0 Å². The molecule has 2 heterocycles. The highest BCUT2D eigenvalue weighted by Crippen LogP contribution is 2.32. The van der Waals surface area contributed by atoms with Gasteiger partial charge in [-0.2, -0.15) is 0 Å². The summed E-state index contributed by atoms with van der Waals surface area (Å²) >= 11 is 1.75. The van der Waals surface area contributed by atoms with Crippen molar-refractivity contribution in [2.45, 2.75) is 20.3 Å². The molecular formula is C19H17N3S. The fourth-order valence-corrected chi connectivity index (χ4v) is 3.82. The number of fused-ring (bicyclic) bond motifs is 2. The zero-order chi connectivity index (χ0) is 15.8. The zero-order valence-corrected chi connectivity index (χ0v) is 13.9. The third-order valence-corrected chi connectivity index (χ3v) is 5.12. The molecule has 3 nitrogen and oxygen atoms in total. The first-order chi connectivity index (χ1) is 11.2. The molecule has 4 rings (SSSR count). The summed E-state index contributed by atoms with van der Waals surface area (Å²) in [5, 5.41) is 7.05. The van der Waals surface area contributed by atoms with E-state index in [1.54, 1.807) is 11.3 Å². The first kappa shape index (κ1) is 14.2. The molecule has 0 aliphatic carbocycles. The summed E-state index contributed by atoms with van der Waals surface area (Å²) in [6.45, 7) is 4.11. The third-order valence-electron chi connectivity index (χ3n) is 3.95. The van der Waals surface area contributed by atoms with E-state index < -0.39 is 0 Å². The van der Waals surface area contributed by atoms with E-state index in [1.165, 1.54) is 15.6 Å². The Morgan fingerprint density at radius 1 is 1.00 bits per heavy atom. The molecule has 2 aromatic heterocycles. The number of nitrogens with one attached hydrogen (secondary N) is 1. The Labute approximate surface area is 139 Å². The minimum absolute atomic E-state index is 0.796. The predicted octanol–water partition coefficient (Wildman–Crippen LogP) is 5.46. The molecule has 23 heavy (non-hydrogen) atoms. The highest BCUT2D eigenvalue weighted by molar-refractivity contribution is 7.18. The number of nitrogens with zero attached hydrogens (tertiary/aromatic N) is 2. The Balaban J connectivity index is 1.87. The van der Waals surface area contributed by atoms with Crippen LogP contribution in [0.2, 0.25) is 0 Å². The lowest BCUT2D eigenvalue weighted by atomic mass is 10.1. The van der Waals surface area contributed by atoms with Crippen LogP contribution in [0.1, 0.15) is 17.6 Å². The molecule has 0 aliphatic heterocycles. The van der Waals surface area contributed by atoms with Gasteiger partial charge in [0.25, 0.3) is 0 Å². The molecule has 114 valence electrons. The molecule has 0 bridgehead atoms. The molecular weight excluding hydrogens is 302 g/mol. The third kappa shape index (κ3) is 2.55. The van der Waals surface area contributed by atoms with Crippen LogP contribution in [0.15, 0.2) is 48.5 Å². The first-order valence-electron chi connectivity index (χ1n) is 7.76. The monoisotopic (exact) mass is 319 g/mol. The van der Waals surface area contributed by atoms with Gasteiger partial charge >= 0.3 is 0 Å². The van der Waals surface area contributed by atoms with E-state index in [2.05, 4.69) is 70.7 Å². The second kappa shape index (κ2) is 5.63. The Morgan fingerprint density at radius 3 is 2.70 bits per heavy atom. The van der Waals surface area contributed by atoms with Crippen LogP contribution in [0.5, 0.6) is 0 Å². The van der Waals surface area contributed by atoms with Crippen molar-refractivity contribution in [2.24, 2.45) is 0 Å². The van der Waals surface area contributed by atoms with Crippen molar-refractivity contribution in [1.82, 2.24) is 9.97 Å². The van der Waals surface area contributed by atoms with Gasteiger partial charge < -0.3 is 5.32 Å².